The van der Waals surface area contributed by atoms with Gasteiger partial charge in [-0.2, -0.15) is 0 Å². The van der Waals surface area contributed by atoms with Crippen molar-refractivity contribution < 1.29 is 23.7 Å². The van der Waals surface area contributed by atoms with Crippen LogP contribution < -0.4 is 0 Å². The molecule has 94 valence electrons. The van der Waals surface area contributed by atoms with Crippen LogP contribution in [0.1, 0.15) is 27.2 Å². The van der Waals surface area contributed by atoms with Crippen molar-refractivity contribution in [2.24, 2.45) is 0 Å². The molecule has 0 aromatic carbocycles. The fraction of sp³-hybridized carbons (Fsp3) is 0.909. The number of methoxy groups -OCH3 is 2. The van der Waals surface area contributed by atoms with E-state index >= 15 is 0 Å². The fourth-order valence-corrected chi connectivity index (χ4v) is 2.04. The van der Waals surface area contributed by atoms with Crippen LogP contribution in [-0.2, 0) is 23.7 Å². The third-order valence-electron chi connectivity index (χ3n) is 2.99. The van der Waals surface area contributed by atoms with E-state index in [9.17, 15) is 4.79 Å². The lowest BCUT2D eigenvalue weighted by Crippen LogP contribution is -2.57. The van der Waals surface area contributed by atoms with Gasteiger partial charge in [0.15, 0.2) is 12.4 Å². The highest BCUT2D eigenvalue weighted by Crippen LogP contribution is 2.34. The molecule has 1 fully saturated rings. The van der Waals surface area contributed by atoms with Crippen LogP contribution in [0, 0.1) is 0 Å². The average Bonchev–Trinajstić information content (AvgIpc) is 2.23. The number of esters is 1. The fourth-order valence-electron chi connectivity index (χ4n) is 2.04. The largest absolute Gasteiger partial charge is 0.457 e. The maximum atomic E-state index is 11.0. The van der Waals surface area contributed by atoms with Gasteiger partial charge in [-0.15, -0.1) is 0 Å². The Morgan fingerprint density at radius 3 is 2.50 bits per heavy atom. The molecule has 5 heteroatoms. The third kappa shape index (κ3) is 2.72. The standard InChI is InChI=1S/C11H20O5/c1-7-10(16-8(2)12)11(3,14-5)6-9(13-4)15-7/h7,9-10H,6H2,1-5H3/t7-,9+,10-,11+/m0/s1. The predicted molar refractivity (Wildman–Crippen MR) is 56.9 cm³/mol. The molecule has 0 unspecified atom stereocenters. The number of carbonyl (C=O) groups is 1. The first-order valence-electron chi connectivity index (χ1n) is 5.33. The highest BCUT2D eigenvalue weighted by molar-refractivity contribution is 5.66. The van der Waals surface area contributed by atoms with Crippen molar-refractivity contribution in [1.29, 1.82) is 0 Å². The molecule has 1 heterocycles. The van der Waals surface area contributed by atoms with E-state index in [4.69, 9.17) is 18.9 Å². The van der Waals surface area contributed by atoms with Crippen LogP contribution in [0.2, 0.25) is 0 Å². The molecular weight excluding hydrogens is 212 g/mol. The van der Waals surface area contributed by atoms with Gasteiger partial charge >= 0.3 is 5.97 Å². The molecule has 1 aliphatic rings. The summed E-state index contributed by atoms with van der Waals surface area (Å²) in [5.74, 6) is -0.334. The minimum Gasteiger partial charge on any atom is -0.457 e. The summed E-state index contributed by atoms with van der Waals surface area (Å²) >= 11 is 0. The Labute approximate surface area is 96.0 Å². The van der Waals surface area contributed by atoms with Crippen LogP contribution in [0.5, 0.6) is 0 Å². The first-order valence-corrected chi connectivity index (χ1v) is 5.33. The van der Waals surface area contributed by atoms with Gasteiger partial charge in [-0.05, 0) is 13.8 Å². The number of carbonyl (C=O) groups excluding carboxylic acids is 1. The second-order valence-corrected chi connectivity index (χ2v) is 4.26. The Morgan fingerprint density at radius 2 is 2.06 bits per heavy atom. The summed E-state index contributed by atoms with van der Waals surface area (Å²) in [7, 11) is 3.18. The monoisotopic (exact) mass is 232 g/mol. The molecule has 0 N–H and O–H groups in total. The summed E-state index contributed by atoms with van der Waals surface area (Å²) in [6.45, 7) is 5.12. The van der Waals surface area contributed by atoms with Crippen molar-refractivity contribution in [3.63, 3.8) is 0 Å². The number of rotatable bonds is 3. The van der Waals surface area contributed by atoms with Crippen molar-refractivity contribution in [3.8, 4) is 0 Å². The lowest BCUT2D eigenvalue weighted by atomic mass is 9.88. The molecule has 1 saturated heterocycles. The van der Waals surface area contributed by atoms with Gasteiger partial charge in [-0.25, -0.2) is 0 Å². The van der Waals surface area contributed by atoms with E-state index < -0.39 is 11.7 Å². The topological polar surface area (TPSA) is 54.0 Å². The van der Waals surface area contributed by atoms with Crippen LogP contribution in [0.4, 0.5) is 0 Å². The van der Waals surface area contributed by atoms with Crippen molar-refractivity contribution in [2.45, 2.75) is 51.3 Å². The zero-order valence-corrected chi connectivity index (χ0v) is 10.5. The van der Waals surface area contributed by atoms with E-state index in [0.717, 1.165) is 0 Å². The first-order chi connectivity index (χ1) is 7.42. The molecule has 1 rings (SSSR count). The Hall–Kier alpha value is -0.650. The van der Waals surface area contributed by atoms with Gasteiger partial charge in [0.2, 0.25) is 0 Å². The summed E-state index contributed by atoms with van der Waals surface area (Å²) in [4.78, 5) is 11.0. The van der Waals surface area contributed by atoms with E-state index in [2.05, 4.69) is 0 Å². The lowest BCUT2D eigenvalue weighted by molar-refractivity contribution is -0.275. The molecular formula is C11H20O5. The zero-order chi connectivity index (χ0) is 12.3. The van der Waals surface area contributed by atoms with Crippen LogP contribution in [0.25, 0.3) is 0 Å². The van der Waals surface area contributed by atoms with Crippen molar-refractivity contribution in [3.05, 3.63) is 0 Å². The Morgan fingerprint density at radius 1 is 1.44 bits per heavy atom. The van der Waals surface area contributed by atoms with Gasteiger partial charge < -0.3 is 18.9 Å². The van der Waals surface area contributed by atoms with Gasteiger partial charge in [0, 0.05) is 27.6 Å². The highest BCUT2D eigenvalue weighted by Gasteiger charge is 2.48. The molecule has 1 aliphatic heterocycles. The van der Waals surface area contributed by atoms with Gasteiger partial charge in [-0.1, -0.05) is 0 Å². The Balaban J connectivity index is 2.83. The third-order valence-corrected chi connectivity index (χ3v) is 2.99. The predicted octanol–water partition coefficient (Wildman–Crippen LogP) is 1.10. The van der Waals surface area contributed by atoms with Crippen LogP contribution >= 0.6 is 0 Å². The number of hydrogen-bond acceptors (Lipinski definition) is 5. The van der Waals surface area contributed by atoms with Crippen molar-refractivity contribution >= 4 is 5.97 Å². The lowest BCUT2D eigenvalue weighted by Gasteiger charge is -2.45. The van der Waals surface area contributed by atoms with Crippen molar-refractivity contribution in [1.82, 2.24) is 0 Å². The molecule has 16 heavy (non-hydrogen) atoms. The average molecular weight is 232 g/mol. The maximum Gasteiger partial charge on any atom is 0.303 e. The van der Waals surface area contributed by atoms with Crippen LogP contribution in [-0.4, -0.2) is 44.3 Å². The van der Waals surface area contributed by atoms with E-state index in [-0.39, 0.29) is 18.4 Å². The molecule has 5 nitrogen and oxygen atoms in total. The van der Waals surface area contributed by atoms with Gasteiger partial charge in [0.1, 0.15) is 5.60 Å². The quantitative estimate of drug-likeness (QED) is 0.682. The summed E-state index contributed by atoms with van der Waals surface area (Å²) in [6.07, 6.45) is -0.469. The Kier molecular flexibility index (Phi) is 4.29. The highest BCUT2D eigenvalue weighted by atomic mass is 16.7. The van der Waals surface area contributed by atoms with Crippen molar-refractivity contribution in [2.75, 3.05) is 14.2 Å². The summed E-state index contributed by atoms with van der Waals surface area (Å²) < 4.78 is 21.5. The number of ether oxygens (including phenoxy) is 4. The Bertz CT molecular complexity index is 255. The summed E-state index contributed by atoms with van der Waals surface area (Å²) in [5, 5.41) is 0. The first kappa shape index (κ1) is 13.4. The smallest absolute Gasteiger partial charge is 0.303 e. The van der Waals surface area contributed by atoms with E-state index in [1.807, 2.05) is 13.8 Å². The molecule has 0 aromatic heterocycles. The van der Waals surface area contributed by atoms with E-state index in [1.54, 1.807) is 14.2 Å². The van der Waals surface area contributed by atoms with Gasteiger partial charge in [0.25, 0.3) is 0 Å². The second-order valence-electron chi connectivity index (χ2n) is 4.26. The molecule has 0 spiro atoms. The summed E-state index contributed by atoms with van der Waals surface area (Å²) in [5.41, 5.74) is -0.579. The molecule has 0 saturated carbocycles. The van der Waals surface area contributed by atoms with Crippen LogP contribution in [0.3, 0.4) is 0 Å². The normalized spacial score (nSPS) is 39.4. The second kappa shape index (κ2) is 5.12. The SMILES string of the molecule is CO[C@H]1C[C@@](C)(OC)[C@@H](OC(C)=O)[C@H](C)O1. The van der Waals surface area contributed by atoms with E-state index in [1.165, 1.54) is 6.92 Å². The maximum absolute atomic E-state index is 11.0. The molecule has 0 bridgehead atoms. The molecule has 0 aliphatic carbocycles. The summed E-state index contributed by atoms with van der Waals surface area (Å²) in [6, 6.07) is 0. The minimum absolute atomic E-state index is 0.257. The molecule has 0 radical (unpaired) electrons. The minimum atomic E-state index is -0.579. The van der Waals surface area contributed by atoms with Gasteiger partial charge in [0.05, 0.1) is 6.10 Å². The zero-order valence-electron chi connectivity index (χ0n) is 10.5. The molecule has 4 atom stereocenters. The van der Waals surface area contributed by atoms with Crippen LogP contribution in [0.15, 0.2) is 0 Å². The van der Waals surface area contributed by atoms with E-state index in [0.29, 0.717) is 6.42 Å². The van der Waals surface area contributed by atoms with Gasteiger partial charge in [-0.3, -0.25) is 4.79 Å². The molecule has 0 aromatic rings. The number of hydrogen-bond donors (Lipinski definition) is 0. The molecule has 0 amide bonds.